The zero-order chi connectivity index (χ0) is 17.7. The Kier molecular flexibility index (Phi) is 3.53. The van der Waals surface area contributed by atoms with Crippen LogP contribution >= 0.6 is 0 Å². The molecule has 3 amide bonds. The molecule has 26 heavy (non-hydrogen) atoms. The van der Waals surface area contributed by atoms with Gasteiger partial charge in [0.2, 0.25) is 5.91 Å². The topological polar surface area (TPSA) is 79.3 Å². The van der Waals surface area contributed by atoms with Gasteiger partial charge in [-0.25, -0.2) is 9.78 Å². The van der Waals surface area contributed by atoms with Crippen molar-refractivity contribution in [2.75, 3.05) is 24.5 Å². The van der Waals surface area contributed by atoms with Crippen LogP contribution in [0, 0.1) is 5.41 Å². The third kappa shape index (κ3) is 2.49. The van der Waals surface area contributed by atoms with Crippen LogP contribution < -0.4 is 15.5 Å². The van der Waals surface area contributed by atoms with E-state index in [-0.39, 0.29) is 11.9 Å². The first-order valence-electron chi connectivity index (χ1n) is 9.42. The first-order valence-corrected chi connectivity index (χ1v) is 9.42. The summed E-state index contributed by atoms with van der Waals surface area (Å²) < 4.78 is 2.30. The van der Waals surface area contributed by atoms with E-state index in [0.717, 1.165) is 29.8 Å². The van der Waals surface area contributed by atoms with E-state index in [1.54, 1.807) is 11.1 Å². The SMILES string of the molecule is O=C1CCN(c2cnc3c(ccn3C3CC4(CCNCC4)C3)c2)C(=O)N1. The highest BCUT2D eigenvalue weighted by molar-refractivity contribution is 6.06. The lowest BCUT2D eigenvalue weighted by atomic mass is 9.60. The van der Waals surface area contributed by atoms with E-state index in [9.17, 15) is 9.59 Å². The summed E-state index contributed by atoms with van der Waals surface area (Å²) >= 11 is 0. The molecule has 1 spiro atoms. The van der Waals surface area contributed by atoms with Gasteiger partial charge in [-0.1, -0.05) is 0 Å². The highest BCUT2D eigenvalue weighted by atomic mass is 16.2. The van der Waals surface area contributed by atoms with Crippen LogP contribution in [0.1, 0.15) is 38.1 Å². The van der Waals surface area contributed by atoms with Gasteiger partial charge in [-0.15, -0.1) is 0 Å². The molecule has 2 saturated heterocycles. The number of nitrogens with one attached hydrogen (secondary N) is 2. The van der Waals surface area contributed by atoms with Crippen molar-refractivity contribution in [2.45, 2.75) is 38.1 Å². The van der Waals surface area contributed by atoms with Gasteiger partial charge in [0.25, 0.3) is 0 Å². The fourth-order valence-corrected chi connectivity index (χ4v) is 4.79. The smallest absolute Gasteiger partial charge is 0.328 e. The Morgan fingerprint density at radius 2 is 2.00 bits per heavy atom. The van der Waals surface area contributed by atoms with Gasteiger partial charge in [0, 0.05) is 30.6 Å². The van der Waals surface area contributed by atoms with E-state index in [4.69, 9.17) is 0 Å². The van der Waals surface area contributed by atoms with Gasteiger partial charge in [-0.05, 0) is 56.3 Å². The predicted octanol–water partition coefficient (Wildman–Crippen LogP) is 2.19. The molecule has 4 heterocycles. The standard InChI is InChI=1S/C19H23N5O2/c25-16-2-8-24(18(26)22-16)14-9-13-1-7-23(17(13)21-12-14)15-10-19(11-15)3-5-20-6-4-19/h1,7,9,12,15,20H,2-6,8,10-11H2,(H,22,25,26). The first-order chi connectivity index (χ1) is 12.6. The Balaban J connectivity index is 1.37. The molecule has 0 aromatic carbocycles. The van der Waals surface area contributed by atoms with Crippen molar-refractivity contribution >= 4 is 28.7 Å². The van der Waals surface area contributed by atoms with Crippen molar-refractivity contribution in [3.63, 3.8) is 0 Å². The van der Waals surface area contributed by atoms with Crippen molar-refractivity contribution in [3.05, 3.63) is 24.5 Å². The summed E-state index contributed by atoms with van der Waals surface area (Å²) in [6.45, 7) is 2.68. The van der Waals surface area contributed by atoms with E-state index in [1.807, 2.05) is 6.07 Å². The van der Waals surface area contributed by atoms with Crippen molar-refractivity contribution in [3.8, 4) is 0 Å². The van der Waals surface area contributed by atoms with Gasteiger partial charge in [0.15, 0.2) is 0 Å². The second-order valence-corrected chi connectivity index (χ2v) is 7.90. The Bertz CT molecular complexity index is 875. The number of urea groups is 1. The number of nitrogens with zero attached hydrogens (tertiary/aromatic N) is 3. The average Bonchev–Trinajstić information content (AvgIpc) is 3.03. The van der Waals surface area contributed by atoms with E-state index >= 15 is 0 Å². The summed E-state index contributed by atoms with van der Waals surface area (Å²) in [5, 5.41) is 6.85. The van der Waals surface area contributed by atoms with E-state index in [1.165, 1.54) is 25.7 Å². The lowest BCUT2D eigenvalue weighted by Gasteiger charge is -2.51. The fraction of sp³-hybridized carbons (Fsp3) is 0.526. The number of amides is 3. The number of aromatic nitrogens is 2. The van der Waals surface area contributed by atoms with Gasteiger partial charge in [0.05, 0.1) is 11.9 Å². The molecule has 0 unspecified atom stereocenters. The quantitative estimate of drug-likeness (QED) is 0.867. The van der Waals surface area contributed by atoms with Crippen molar-refractivity contribution in [2.24, 2.45) is 5.41 Å². The summed E-state index contributed by atoms with van der Waals surface area (Å²) in [5.41, 5.74) is 2.25. The molecular formula is C19H23N5O2. The lowest BCUT2D eigenvalue weighted by molar-refractivity contribution is -0.120. The van der Waals surface area contributed by atoms with Crippen molar-refractivity contribution in [1.82, 2.24) is 20.2 Å². The molecule has 2 aromatic rings. The van der Waals surface area contributed by atoms with E-state index < -0.39 is 0 Å². The minimum atomic E-state index is -0.367. The number of piperidine rings is 1. The summed E-state index contributed by atoms with van der Waals surface area (Å²) in [5.74, 6) is -0.219. The molecule has 7 heteroatoms. The van der Waals surface area contributed by atoms with Gasteiger partial charge < -0.3 is 9.88 Å². The predicted molar refractivity (Wildman–Crippen MR) is 98.0 cm³/mol. The Morgan fingerprint density at radius 1 is 1.19 bits per heavy atom. The van der Waals surface area contributed by atoms with Crippen LogP contribution in [-0.2, 0) is 4.79 Å². The number of hydrogen-bond donors (Lipinski definition) is 2. The van der Waals surface area contributed by atoms with Gasteiger partial charge in [-0.2, -0.15) is 0 Å². The number of pyridine rings is 1. The molecule has 1 saturated carbocycles. The highest BCUT2D eigenvalue weighted by Crippen LogP contribution is 2.54. The molecule has 136 valence electrons. The minimum Gasteiger partial charge on any atom is -0.329 e. The highest BCUT2D eigenvalue weighted by Gasteiger charge is 2.45. The molecule has 0 radical (unpaired) electrons. The largest absolute Gasteiger partial charge is 0.329 e. The van der Waals surface area contributed by atoms with Gasteiger partial charge in [0.1, 0.15) is 5.65 Å². The molecule has 2 aromatic heterocycles. The van der Waals surface area contributed by atoms with Crippen molar-refractivity contribution < 1.29 is 9.59 Å². The number of imide groups is 1. The van der Waals surface area contributed by atoms with E-state index in [0.29, 0.717) is 24.4 Å². The van der Waals surface area contributed by atoms with Crippen LogP contribution in [0.3, 0.4) is 0 Å². The molecular weight excluding hydrogens is 330 g/mol. The Hall–Kier alpha value is -2.41. The maximum atomic E-state index is 12.0. The maximum absolute atomic E-state index is 12.0. The normalized spacial score (nSPS) is 23.3. The van der Waals surface area contributed by atoms with Gasteiger partial charge in [-0.3, -0.25) is 15.0 Å². The monoisotopic (exact) mass is 353 g/mol. The number of carbonyl (C=O) groups is 2. The van der Waals surface area contributed by atoms with Crippen LogP contribution in [-0.4, -0.2) is 41.1 Å². The van der Waals surface area contributed by atoms with Crippen LogP contribution in [0.4, 0.5) is 10.5 Å². The van der Waals surface area contributed by atoms with Crippen LogP contribution in [0.2, 0.25) is 0 Å². The number of fused-ring (bicyclic) bond motifs is 1. The third-order valence-corrected chi connectivity index (χ3v) is 6.30. The summed E-state index contributed by atoms with van der Waals surface area (Å²) in [6.07, 6.45) is 9.22. The van der Waals surface area contributed by atoms with Gasteiger partial charge >= 0.3 is 6.03 Å². The molecule has 2 aliphatic heterocycles. The molecule has 7 nitrogen and oxygen atoms in total. The number of rotatable bonds is 2. The van der Waals surface area contributed by atoms with Crippen LogP contribution in [0.25, 0.3) is 11.0 Å². The molecule has 2 N–H and O–H groups in total. The molecule has 3 aliphatic rings. The number of anilines is 1. The maximum Gasteiger partial charge on any atom is 0.328 e. The Morgan fingerprint density at radius 3 is 2.77 bits per heavy atom. The molecule has 1 aliphatic carbocycles. The van der Waals surface area contributed by atoms with Crippen LogP contribution in [0.5, 0.6) is 0 Å². The summed E-state index contributed by atoms with van der Waals surface area (Å²) in [4.78, 5) is 29.6. The molecule has 0 atom stereocenters. The first kappa shape index (κ1) is 15.8. The second kappa shape index (κ2) is 5.81. The average molecular weight is 353 g/mol. The lowest BCUT2D eigenvalue weighted by Crippen LogP contribution is -2.49. The number of carbonyl (C=O) groups excluding carboxylic acids is 2. The Labute approximate surface area is 151 Å². The molecule has 0 bridgehead atoms. The van der Waals surface area contributed by atoms with Crippen LogP contribution in [0.15, 0.2) is 24.5 Å². The zero-order valence-corrected chi connectivity index (χ0v) is 14.7. The zero-order valence-electron chi connectivity index (χ0n) is 14.7. The summed E-state index contributed by atoms with van der Waals surface area (Å²) in [7, 11) is 0. The summed E-state index contributed by atoms with van der Waals surface area (Å²) in [6, 6.07) is 4.23. The fourth-order valence-electron chi connectivity index (χ4n) is 4.79. The minimum absolute atomic E-state index is 0.219. The molecule has 5 rings (SSSR count). The van der Waals surface area contributed by atoms with E-state index in [2.05, 4.69) is 32.4 Å². The number of hydrogen-bond acceptors (Lipinski definition) is 4. The van der Waals surface area contributed by atoms with Crippen molar-refractivity contribution in [1.29, 1.82) is 0 Å². The third-order valence-electron chi connectivity index (χ3n) is 6.30. The molecule has 3 fully saturated rings. The second-order valence-electron chi connectivity index (χ2n) is 7.90.